The standard InChI is InChI=1S/C15H25N3O/c1-15(2,3)10-18(4)9-12-8-11(14(16)17)6-7-13(12)19-5/h6-8H,9-10H2,1-5H3,(H3,16,17). The average Bonchev–Trinajstić information content (AvgIpc) is 2.26. The highest BCUT2D eigenvalue weighted by molar-refractivity contribution is 5.95. The summed E-state index contributed by atoms with van der Waals surface area (Å²) in [6, 6.07) is 5.62. The molecule has 3 N–H and O–H groups in total. The Hall–Kier alpha value is -1.55. The van der Waals surface area contributed by atoms with Crippen molar-refractivity contribution in [2.45, 2.75) is 27.3 Å². The van der Waals surface area contributed by atoms with Crippen LogP contribution < -0.4 is 10.5 Å². The van der Waals surface area contributed by atoms with Gasteiger partial charge in [0, 0.05) is 24.2 Å². The van der Waals surface area contributed by atoms with Gasteiger partial charge in [0.1, 0.15) is 11.6 Å². The highest BCUT2D eigenvalue weighted by Gasteiger charge is 2.15. The predicted molar refractivity (Wildman–Crippen MR) is 79.8 cm³/mol. The van der Waals surface area contributed by atoms with E-state index in [1.165, 1.54) is 0 Å². The van der Waals surface area contributed by atoms with Crippen molar-refractivity contribution in [3.63, 3.8) is 0 Å². The third-order valence-corrected chi connectivity index (χ3v) is 2.78. The number of amidine groups is 1. The van der Waals surface area contributed by atoms with Gasteiger partial charge in [-0.25, -0.2) is 0 Å². The number of hydrogen-bond donors (Lipinski definition) is 2. The van der Waals surface area contributed by atoms with Crippen LogP contribution >= 0.6 is 0 Å². The number of rotatable bonds is 5. The van der Waals surface area contributed by atoms with Crippen molar-refractivity contribution in [1.29, 1.82) is 5.41 Å². The van der Waals surface area contributed by atoms with Crippen LogP contribution in [0.3, 0.4) is 0 Å². The Morgan fingerprint density at radius 3 is 2.47 bits per heavy atom. The molecular formula is C15H25N3O. The quantitative estimate of drug-likeness (QED) is 0.633. The Morgan fingerprint density at radius 2 is 2.00 bits per heavy atom. The van der Waals surface area contributed by atoms with Crippen molar-refractivity contribution in [2.24, 2.45) is 11.1 Å². The van der Waals surface area contributed by atoms with Gasteiger partial charge in [0.15, 0.2) is 0 Å². The second-order valence-electron chi connectivity index (χ2n) is 6.17. The number of ether oxygens (including phenoxy) is 1. The van der Waals surface area contributed by atoms with Crippen LogP contribution in [-0.4, -0.2) is 31.4 Å². The number of nitrogens with two attached hydrogens (primary N) is 1. The second-order valence-corrected chi connectivity index (χ2v) is 6.17. The molecule has 4 nitrogen and oxygen atoms in total. The zero-order chi connectivity index (χ0) is 14.6. The number of nitrogen functional groups attached to an aromatic ring is 1. The molecule has 1 aromatic rings. The SMILES string of the molecule is COc1ccc(C(=N)N)cc1CN(C)CC(C)(C)C. The van der Waals surface area contributed by atoms with Crippen LogP contribution in [0.2, 0.25) is 0 Å². The van der Waals surface area contributed by atoms with E-state index in [2.05, 4.69) is 32.7 Å². The van der Waals surface area contributed by atoms with Gasteiger partial charge in [-0.3, -0.25) is 5.41 Å². The van der Waals surface area contributed by atoms with Gasteiger partial charge < -0.3 is 15.4 Å². The van der Waals surface area contributed by atoms with Gasteiger partial charge in [0.25, 0.3) is 0 Å². The molecule has 0 bridgehead atoms. The van der Waals surface area contributed by atoms with Gasteiger partial charge in [-0.1, -0.05) is 20.8 Å². The van der Waals surface area contributed by atoms with Crippen LogP contribution in [-0.2, 0) is 6.54 Å². The molecule has 0 aliphatic heterocycles. The molecule has 1 aromatic carbocycles. The lowest BCUT2D eigenvalue weighted by Crippen LogP contribution is -2.29. The van der Waals surface area contributed by atoms with Crippen molar-refractivity contribution < 1.29 is 4.74 Å². The topological polar surface area (TPSA) is 62.3 Å². The smallest absolute Gasteiger partial charge is 0.123 e. The maximum atomic E-state index is 7.51. The lowest BCUT2D eigenvalue weighted by Gasteiger charge is -2.27. The Bertz CT molecular complexity index is 449. The number of nitrogens with one attached hydrogen (secondary N) is 1. The third kappa shape index (κ3) is 4.91. The summed E-state index contributed by atoms with van der Waals surface area (Å²) in [5, 5.41) is 7.51. The molecule has 0 spiro atoms. The van der Waals surface area contributed by atoms with E-state index < -0.39 is 0 Å². The molecule has 4 heteroatoms. The van der Waals surface area contributed by atoms with Crippen LogP contribution in [0.4, 0.5) is 0 Å². The summed E-state index contributed by atoms with van der Waals surface area (Å²) in [7, 11) is 3.75. The first-order valence-corrected chi connectivity index (χ1v) is 6.43. The van der Waals surface area contributed by atoms with Crippen LogP contribution in [0.25, 0.3) is 0 Å². The molecular weight excluding hydrogens is 238 g/mol. The summed E-state index contributed by atoms with van der Waals surface area (Å²) >= 11 is 0. The Labute approximate surface area is 116 Å². The fourth-order valence-electron chi connectivity index (χ4n) is 2.23. The Balaban J connectivity index is 2.91. The van der Waals surface area contributed by atoms with Crippen LogP contribution in [0.15, 0.2) is 18.2 Å². The van der Waals surface area contributed by atoms with E-state index in [-0.39, 0.29) is 11.3 Å². The summed E-state index contributed by atoms with van der Waals surface area (Å²) in [4.78, 5) is 2.25. The summed E-state index contributed by atoms with van der Waals surface area (Å²) in [5.74, 6) is 0.924. The van der Waals surface area contributed by atoms with Crippen molar-refractivity contribution in [2.75, 3.05) is 20.7 Å². The summed E-state index contributed by atoms with van der Waals surface area (Å²) in [5.41, 5.74) is 7.58. The minimum atomic E-state index is 0.0855. The lowest BCUT2D eigenvalue weighted by atomic mass is 9.96. The number of hydrogen-bond acceptors (Lipinski definition) is 3. The maximum absolute atomic E-state index is 7.51. The molecule has 0 unspecified atom stereocenters. The van der Waals surface area contributed by atoms with Crippen molar-refractivity contribution in [3.05, 3.63) is 29.3 Å². The molecule has 0 heterocycles. The molecule has 106 valence electrons. The molecule has 0 aliphatic rings. The highest BCUT2D eigenvalue weighted by atomic mass is 16.5. The van der Waals surface area contributed by atoms with Gasteiger partial charge >= 0.3 is 0 Å². The molecule has 19 heavy (non-hydrogen) atoms. The van der Waals surface area contributed by atoms with Gasteiger partial charge in [-0.2, -0.15) is 0 Å². The minimum absolute atomic E-state index is 0.0855. The fourth-order valence-corrected chi connectivity index (χ4v) is 2.23. The van der Waals surface area contributed by atoms with Crippen LogP contribution in [0.5, 0.6) is 5.75 Å². The maximum Gasteiger partial charge on any atom is 0.123 e. The molecule has 1 rings (SSSR count). The zero-order valence-corrected chi connectivity index (χ0v) is 12.6. The van der Waals surface area contributed by atoms with E-state index in [9.17, 15) is 0 Å². The zero-order valence-electron chi connectivity index (χ0n) is 12.6. The van der Waals surface area contributed by atoms with Gasteiger partial charge in [-0.15, -0.1) is 0 Å². The first-order valence-electron chi connectivity index (χ1n) is 6.43. The van der Waals surface area contributed by atoms with E-state index in [0.717, 1.165) is 30.0 Å². The average molecular weight is 263 g/mol. The summed E-state index contributed by atoms with van der Waals surface area (Å²) in [6.07, 6.45) is 0. The normalized spacial score (nSPS) is 11.7. The lowest BCUT2D eigenvalue weighted by molar-refractivity contribution is 0.218. The Kier molecular flexibility index (Phi) is 4.95. The predicted octanol–water partition coefficient (Wildman–Crippen LogP) is 2.46. The van der Waals surface area contributed by atoms with E-state index in [4.69, 9.17) is 15.9 Å². The molecule has 0 fully saturated rings. The van der Waals surface area contributed by atoms with Crippen molar-refractivity contribution in [3.8, 4) is 5.75 Å². The minimum Gasteiger partial charge on any atom is -0.496 e. The van der Waals surface area contributed by atoms with E-state index in [0.29, 0.717) is 0 Å². The first kappa shape index (κ1) is 15.5. The number of nitrogens with zero attached hydrogens (tertiary/aromatic N) is 1. The monoisotopic (exact) mass is 263 g/mol. The molecule has 0 atom stereocenters. The first-order chi connectivity index (χ1) is 8.73. The Morgan fingerprint density at radius 1 is 1.37 bits per heavy atom. The van der Waals surface area contributed by atoms with E-state index >= 15 is 0 Å². The van der Waals surface area contributed by atoms with Crippen molar-refractivity contribution >= 4 is 5.84 Å². The van der Waals surface area contributed by atoms with E-state index in [1.807, 2.05) is 18.2 Å². The molecule has 0 aliphatic carbocycles. The van der Waals surface area contributed by atoms with Gasteiger partial charge in [0.05, 0.1) is 7.11 Å². The molecule has 0 amide bonds. The summed E-state index contributed by atoms with van der Waals surface area (Å²) < 4.78 is 5.37. The number of methoxy groups -OCH3 is 1. The fraction of sp³-hybridized carbons (Fsp3) is 0.533. The highest BCUT2D eigenvalue weighted by Crippen LogP contribution is 2.23. The molecule has 0 radical (unpaired) electrons. The summed E-state index contributed by atoms with van der Waals surface area (Å²) in [6.45, 7) is 8.41. The third-order valence-electron chi connectivity index (χ3n) is 2.78. The number of benzene rings is 1. The molecule has 0 saturated carbocycles. The van der Waals surface area contributed by atoms with Crippen LogP contribution in [0, 0.1) is 10.8 Å². The van der Waals surface area contributed by atoms with Gasteiger partial charge in [0.2, 0.25) is 0 Å². The second kappa shape index (κ2) is 6.06. The molecule has 0 aromatic heterocycles. The largest absolute Gasteiger partial charge is 0.496 e. The molecule has 0 saturated heterocycles. The van der Waals surface area contributed by atoms with E-state index in [1.54, 1.807) is 7.11 Å². The van der Waals surface area contributed by atoms with Gasteiger partial charge in [-0.05, 0) is 30.7 Å². The van der Waals surface area contributed by atoms with Crippen molar-refractivity contribution in [1.82, 2.24) is 4.90 Å². The van der Waals surface area contributed by atoms with Crippen LogP contribution in [0.1, 0.15) is 31.9 Å².